The van der Waals surface area contributed by atoms with E-state index in [0.29, 0.717) is 5.41 Å². The summed E-state index contributed by atoms with van der Waals surface area (Å²) >= 11 is 0. The summed E-state index contributed by atoms with van der Waals surface area (Å²) in [4.78, 5) is 0. The van der Waals surface area contributed by atoms with Crippen LogP contribution in [-0.4, -0.2) is 6.16 Å². The van der Waals surface area contributed by atoms with Crippen LogP contribution in [0, 0.1) is 11.3 Å². The Bertz CT molecular complexity index is 75.8. The first-order valence-corrected chi connectivity index (χ1v) is 4.31. The molecule has 56 valence electrons. The summed E-state index contributed by atoms with van der Waals surface area (Å²) in [6, 6.07) is 0. The van der Waals surface area contributed by atoms with E-state index in [9.17, 15) is 0 Å². The molecule has 0 saturated carbocycles. The Kier molecular flexibility index (Phi) is 7.69. The van der Waals surface area contributed by atoms with Gasteiger partial charge in [-0.15, -0.1) is 0 Å². The minimum Gasteiger partial charge on any atom is -0.558 e. The van der Waals surface area contributed by atoms with E-state index in [1.54, 1.807) is 0 Å². The van der Waals surface area contributed by atoms with E-state index in [0.717, 1.165) is 12.1 Å². The molecular formula is C8H18LiP. The molecule has 0 bridgehead atoms. The van der Waals surface area contributed by atoms with Gasteiger partial charge in [-0.3, -0.25) is 0 Å². The minimum atomic E-state index is 0. The van der Waals surface area contributed by atoms with Crippen LogP contribution in [0.1, 0.15) is 34.1 Å². The van der Waals surface area contributed by atoms with Gasteiger partial charge in [-0.1, -0.05) is 33.6 Å². The second-order valence-corrected chi connectivity index (χ2v) is 4.48. The maximum absolute atomic E-state index is 3.51. The van der Waals surface area contributed by atoms with E-state index in [4.69, 9.17) is 0 Å². The zero-order chi connectivity index (χ0) is 7.49. The van der Waals surface area contributed by atoms with Gasteiger partial charge in [-0.2, -0.15) is 6.16 Å². The Labute approximate surface area is 79.9 Å². The molecule has 2 heteroatoms. The molecule has 0 aliphatic heterocycles. The van der Waals surface area contributed by atoms with Gasteiger partial charge in [0.15, 0.2) is 0 Å². The Morgan fingerprint density at radius 2 is 1.70 bits per heavy atom. The van der Waals surface area contributed by atoms with Crippen molar-refractivity contribution in [3.8, 4) is 0 Å². The van der Waals surface area contributed by atoms with E-state index < -0.39 is 0 Å². The fourth-order valence-electron chi connectivity index (χ4n) is 1.12. The molecule has 0 aliphatic rings. The van der Waals surface area contributed by atoms with Crippen molar-refractivity contribution < 1.29 is 18.9 Å². The predicted molar refractivity (Wildman–Crippen MR) is 46.4 cm³/mol. The van der Waals surface area contributed by atoms with Crippen LogP contribution >= 0.6 is 9.24 Å². The summed E-state index contributed by atoms with van der Waals surface area (Å²) in [6.45, 7) is 9.13. The Morgan fingerprint density at radius 1 is 1.30 bits per heavy atom. The normalized spacial score (nSPS) is 14.1. The molecule has 0 nitrogen and oxygen atoms in total. The average Bonchev–Trinajstić information content (AvgIpc) is 1.62. The van der Waals surface area contributed by atoms with Gasteiger partial charge in [0.1, 0.15) is 0 Å². The topological polar surface area (TPSA) is 0 Å². The molecule has 0 aromatic heterocycles. The number of hydrogen-bond acceptors (Lipinski definition) is 0. The molecule has 0 amide bonds. The molecule has 0 spiro atoms. The molecule has 1 unspecified atom stereocenters. The van der Waals surface area contributed by atoms with Crippen LogP contribution in [0.3, 0.4) is 0 Å². The van der Waals surface area contributed by atoms with Crippen molar-refractivity contribution in [3.63, 3.8) is 0 Å². The fourth-order valence-corrected chi connectivity index (χ4v) is 1.26. The zero-order valence-electron chi connectivity index (χ0n) is 7.99. The Morgan fingerprint density at radius 3 is 1.80 bits per heavy atom. The van der Waals surface area contributed by atoms with E-state index in [1.165, 1.54) is 6.42 Å². The molecule has 0 heterocycles. The van der Waals surface area contributed by atoms with Gasteiger partial charge < -0.3 is 9.24 Å². The second kappa shape index (κ2) is 5.65. The van der Waals surface area contributed by atoms with Gasteiger partial charge in [-0.25, -0.2) is 0 Å². The molecule has 0 radical (unpaired) electrons. The van der Waals surface area contributed by atoms with Crippen LogP contribution in [0.4, 0.5) is 0 Å². The zero-order valence-corrected chi connectivity index (χ0v) is 8.99. The van der Waals surface area contributed by atoms with Crippen molar-refractivity contribution in [2.75, 3.05) is 6.16 Å². The first-order valence-electron chi connectivity index (χ1n) is 3.60. The molecule has 10 heavy (non-hydrogen) atoms. The van der Waals surface area contributed by atoms with Gasteiger partial charge in [-0.05, 0) is 11.8 Å². The van der Waals surface area contributed by atoms with Crippen molar-refractivity contribution in [1.29, 1.82) is 0 Å². The summed E-state index contributed by atoms with van der Waals surface area (Å²) < 4.78 is 0. The van der Waals surface area contributed by atoms with Crippen molar-refractivity contribution in [1.82, 2.24) is 0 Å². The Balaban J connectivity index is 0. The largest absolute Gasteiger partial charge is 1.00 e. The van der Waals surface area contributed by atoms with Crippen LogP contribution in [0.15, 0.2) is 0 Å². The van der Waals surface area contributed by atoms with Gasteiger partial charge in [0.2, 0.25) is 0 Å². The molecule has 0 aromatic rings. The van der Waals surface area contributed by atoms with Crippen LogP contribution in [-0.2, 0) is 0 Å². The van der Waals surface area contributed by atoms with Crippen molar-refractivity contribution in [2.24, 2.45) is 11.3 Å². The first kappa shape index (κ1) is 13.6. The van der Waals surface area contributed by atoms with Gasteiger partial charge in [0.05, 0.1) is 0 Å². The van der Waals surface area contributed by atoms with E-state index in [1.807, 2.05) is 0 Å². The monoisotopic (exact) mass is 152 g/mol. The van der Waals surface area contributed by atoms with Crippen LogP contribution in [0.5, 0.6) is 0 Å². The third-order valence-corrected chi connectivity index (χ3v) is 2.01. The van der Waals surface area contributed by atoms with Crippen LogP contribution in [0.2, 0.25) is 0 Å². The summed E-state index contributed by atoms with van der Waals surface area (Å²) in [7, 11) is 3.51. The molecule has 0 aromatic carbocycles. The second-order valence-electron chi connectivity index (χ2n) is 4.07. The van der Waals surface area contributed by atoms with E-state index >= 15 is 0 Å². The SMILES string of the molecule is CC(C[PH-])CC(C)(C)C.[Li+]. The van der Waals surface area contributed by atoms with Gasteiger partial charge in [0, 0.05) is 0 Å². The van der Waals surface area contributed by atoms with Gasteiger partial charge >= 0.3 is 18.9 Å². The van der Waals surface area contributed by atoms with Crippen molar-refractivity contribution in [2.45, 2.75) is 34.1 Å². The molecule has 0 fully saturated rings. The molecular weight excluding hydrogens is 134 g/mol. The predicted octanol–water partition coefficient (Wildman–Crippen LogP) is 0.205. The van der Waals surface area contributed by atoms with Crippen molar-refractivity contribution >= 4 is 9.24 Å². The maximum Gasteiger partial charge on any atom is 1.00 e. The first-order chi connectivity index (χ1) is 3.95. The smallest absolute Gasteiger partial charge is 0.558 e. The van der Waals surface area contributed by atoms with Crippen molar-refractivity contribution in [3.05, 3.63) is 0 Å². The standard InChI is InChI=1S/C8H18P.Li/c1-7(6-9)5-8(2,3)4;/h7,9H,5-6H2,1-4H3;/q-1;+1. The number of hydrogen-bond donors (Lipinski definition) is 0. The minimum absolute atomic E-state index is 0. The van der Waals surface area contributed by atoms with Crippen LogP contribution < -0.4 is 18.9 Å². The summed E-state index contributed by atoms with van der Waals surface area (Å²) in [5.74, 6) is 0.807. The Hall–Kier alpha value is 1.03. The molecule has 0 saturated heterocycles. The van der Waals surface area contributed by atoms with Gasteiger partial charge in [0.25, 0.3) is 0 Å². The summed E-state index contributed by atoms with van der Waals surface area (Å²) in [5.41, 5.74) is 0.492. The quantitative estimate of drug-likeness (QED) is 0.392. The molecule has 0 rings (SSSR count). The maximum atomic E-state index is 3.51. The third-order valence-electron chi connectivity index (χ3n) is 1.31. The number of rotatable bonds is 2. The molecule has 1 atom stereocenters. The third kappa shape index (κ3) is 9.03. The summed E-state index contributed by atoms with van der Waals surface area (Å²) in [5, 5.41) is 0. The molecule has 0 N–H and O–H groups in total. The summed E-state index contributed by atoms with van der Waals surface area (Å²) in [6.07, 6.45) is 2.42. The molecule has 0 aliphatic carbocycles. The average molecular weight is 152 g/mol. The van der Waals surface area contributed by atoms with Crippen LogP contribution in [0.25, 0.3) is 0 Å². The van der Waals surface area contributed by atoms with E-state index in [2.05, 4.69) is 36.9 Å². The van der Waals surface area contributed by atoms with E-state index in [-0.39, 0.29) is 18.9 Å². The fraction of sp³-hybridized carbons (Fsp3) is 1.00.